The van der Waals surface area contributed by atoms with Crippen molar-refractivity contribution in [1.82, 2.24) is 14.7 Å². The van der Waals surface area contributed by atoms with E-state index in [0.29, 0.717) is 6.54 Å². The zero-order valence-corrected chi connectivity index (χ0v) is 12.4. The maximum Gasteiger partial charge on any atom is 0.0538 e. The number of aromatic nitrogens is 2. The van der Waals surface area contributed by atoms with Crippen LogP contribution >= 0.6 is 0 Å². The summed E-state index contributed by atoms with van der Waals surface area (Å²) in [5.41, 5.74) is 8.54. The summed E-state index contributed by atoms with van der Waals surface area (Å²) >= 11 is 0. The summed E-state index contributed by atoms with van der Waals surface area (Å²) in [6.45, 7) is 4.77. The summed E-state index contributed by atoms with van der Waals surface area (Å²) < 4.78 is 1.84. The minimum absolute atomic E-state index is 0.226. The number of nitrogens with two attached hydrogens (primary N) is 1. The highest BCUT2D eigenvalue weighted by Crippen LogP contribution is 2.21. The second-order valence-corrected chi connectivity index (χ2v) is 5.15. The van der Waals surface area contributed by atoms with E-state index < -0.39 is 0 Å². The second-order valence-electron chi connectivity index (χ2n) is 5.15. The molecule has 2 rings (SSSR count). The SMILES string of the molecule is CCCN(Cc1ccccc1)C(CN)c1cnn(C)c1. The average Bonchev–Trinajstić information content (AvgIpc) is 2.87. The predicted octanol–water partition coefficient (Wildman–Crippen LogP) is 2.33. The largest absolute Gasteiger partial charge is 0.329 e. The number of aryl methyl sites for hydroxylation is 1. The number of benzene rings is 1. The van der Waals surface area contributed by atoms with Gasteiger partial charge >= 0.3 is 0 Å². The molecule has 1 aromatic heterocycles. The quantitative estimate of drug-likeness (QED) is 0.841. The van der Waals surface area contributed by atoms with Gasteiger partial charge in [-0.2, -0.15) is 5.10 Å². The molecular formula is C16H24N4. The molecule has 0 spiro atoms. The summed E-state index contributed by atoms with van der Waals surface area (Å²) in [5.74, 6) is 0. The van der Waals surface area contributed by atoms with Crippen molar-refractivity contribution in [2.45, 2.75) is 25.9 Å². The van der Waals surface area contributed by atoms with Crippen LogP contribution in [0.15, 0.2) is 42.7 Å². The fraction of sp³-hybridized carbons (Fsp3) is 0.438. The topological polar surface area (TPSA) is 47.1 Å². The summed E-state index contributed by atoms with van der Waals surface area (Å²) in [6.07, 6.45) is 5.10. The minimum Gasteiger partial charge on any atom is -0.329 e. The van der Waals surface area contributed by atoms with Crippen LogP contribution in [-0.4, -0.2) is 27.8 Å². The van der Waals surface area contributed by atoms with Crippen molar-refractivity contribution in [2.75, 3.05) is 13.1 Å². The average molecular weight is 272 g/mol. The van der Waals surface area contributed by atoms with Gasteiger partial charge in [0, 0.05) is 31.9 Å². The van der Waals surface area contributed by atoms with E-state index in [4.69, 9.17) is 5.73 Å². The van der Waals surface area contributed by atoms with Gasteiger partial charge in [-0.15, -0.1) is 0 Å². The number of hydrogen-bond donors (Lipinski definition) is 1. The van der Waals surface area contributed by atoms with Crippen molar-refractivity contribution in [3.8, 4) is 0 Å². The van der Waals surface area contributed by atoms with Gasteiger partial charge in [0.15, 0.2) is 0 Å². The molecule has 20 heavy (non-hydrogen) atoms. The molecular weight excluding hydrogens is 248 g/mol. The Balaban J connectivity index is 2.17. The Morgan fingerprint density at radius 2 is 2.05 bits per heavy atom. The molecule has 4 nitrogen and oxygen atoms in total. The Kier molecular flexibility index (Phi) is 5.32. The van der Waals surface area contributed by atoms with Crippen molar-refractivity contribution >= 4 is 0 Å². The van der Waals surface area contributed by atoms with Crippen LogP contribution < -0.4 is 5.73 Å². The lowest BCUT2D eigenvalue weighted by Crippen LogP contribution is -2.33. The Morgan fingerprint density at radius 1 is 1.30 bits per heavy atom. The molecule has 0 aliphatic heterocycles. The van der Waals surface area contributed by atoms with Gasteiger partial charge in [0.2, 0.25) is 0 Å². The number of rotatable bonds is 7. The summed E-state index contributed by atoms with van der Waals surface area (Å²) in [5, 5.41) is 4.27. The molecule has 1 atom stereocenters. The smallest absolute Gasteiger partial charge is 0.0538 e. The highest BCUT2D eigenvalue weighted by Gasteiger charge is 2.19. The number of hydrogen-bond acceptors (Lipinski definition) is 3. The summed E-state index contributed by atoms with van der Waals surface area (Å²) in [4.78, 5) is 2.44. The van der Waals surface area contributed by atoms with Gasteiger partial charge in [0.05, 0.1) is 12.2 Å². The Hall–Kier alpha value is -1.65. The van der Waals surface area contributed by atoms with E-state index >= 15 is 0 Å². The monoisotopic (exact) mass is 272 g/mol. The van der Waals surface area contributed by atoms with E-state index in [1.807, 2.05) is 17.9 Å². The normalized spacial score (nSPS) is 12.8. The third-order valence-corrected chi connectivity index (χ3v) is 3.51. The van der Waals surface area contributed by atoms with Gasteiger partial charge < -0.3 is 5.73 Å². The third kappa shape index (κ3) is 3.68. The summed E-state index contributed by atoms with van der Waals surface area (Å²) in [7, 11) is 1.94. The van der Waals surface area contributed by atoms with Crippen LogP contribution in [-0.2, 0) is 13.6 Å². The van der Waals surface area contributed by atoms with E-state index in [0.717, 1.165) is 19.5 Å². The fourth-order valence-corrected chi connectivity index (χ4v) is 2.56. The van der Waals surface area contributed by atoms with Crippen molar-refractivity contribution < 1.29 is 0 Å². The lowest BCUT2D eigenvalue weighted by Gasteiger charge is -2.30. The highest BCUT2D eigenvalue weighted by atomic mass is 15.3. The van der Waals surface area contributed by atoms with Crippen LogP contribution in [0.5, 0.6) is 0 Å². The summed E-state index contributed by atoms with van der Waals surface area (Å²) in [6, 6.07) is 10.8. The van der Waals surface area contributed by atoms with E-state index in [1.165, 1.54) is 11.1 Å². The first-order chi connectivity index (χ1) is 9.74. The molecule has 108 valence electrons. The van der Waals surface area contributed by atoms with Gasteiger partial charge in [-0.25, -0.2) is 0 Å². The first kappa shape index (κ1) is 14.8. The zero-order chi connectivity index (χ0) is 14.4. The molecule has 0 saturated carbocycles. The lowest BCUT2D eigenvalue weighted by atomic mass is 10.1. The maximum absolute atomic E-state index is 6.02. The van der Waals surface area contributed by atoms with Gasteiger partial charge in [-0.3, -0.25) is 9.58 Å². The van der Waals surface area contributed by atoms with Crippen molar-refractivity contribution in [3.63, 3.8) is 0 Å². The molecule has 4 heteroatoms. The molecule has 0 amide bonds. The molecule has 2 aromatic rings. The van der Waals surface area contributed by atoms with Crippen LogP contribution in [0, 0.1) is 0 Å². The van der Waals surface area contributed by atoms with E-state index in [-0.39, 0.29) is 6.04 Å². The van der Waals surface area contributed by atoms with Crippen molar-refractivity contribution in [3.05, 3.63) is 53.9 Å². The van der Waals surface area contributed by atoms with Crippen LogP contribution in [0.2, 0.25) is 0 Å². The maximum atomic E-state index is 6.02. The minimum atomic E-state index is 0.226. The molecule has 1 heterocycles. The first-order valence-electron chi connectivity index (χ1n) is 7.21. The second kappa shape index (κ2) is 7.22. The fourth-order valence-electron chi connectivity index (χ4n) is 2.56. The van der Waals surface area contributed by atoms with Crippen molar-refractivity contribution in [1.29, 1.82) is 0 Å². The Labute approximate surface area is 121 Å². The molecule has 1 unspecified atom stereocenters. The predicted molar refractivity (Wildman–Crippen MR) is 82.1 cm³/mol. The molecule has 0 radical (unpaired) electrons. The Bertz CT molecular complexity index is 506. The molecule has 0 aliphatic carbocycles. The van der Waals surface area contributed by atoms with Gasteiger partial charge in [0.25, 0.3) is 0 Å². The van der Waals surface area contributed by atoms with Crippen LogP contribution in [0.1, 0.15) is 30.5 Å². The zero-order valence-electron chi connectivity index (χ0n) is 12.4. The van der Waals surface area contributed by atoms with E-state index in [2.05, 4.69) is 53.5 Å². The lowest BCUT2D eigenvalue weighted by molar-refractivity contribution is 0.193. The molecule has 0 fully saturated rings. The molecule has 2 N–H and O–H groups in total. The van der Waals surface area contributed by atoms with Gasteiger partial charge in [-0.1, -0.05) is 37.3 Å². The van der Waals surface area contributed by atoms with Crippen molar-refractivity contribution in [2.24, 2.45) is 12.8 Å². The van der Waals surface area contributed by atoms with Crippen LogP contribution in [0.4, 0.5) is 0 Å². The Morgan fingerprint density at radius 3 is 2.60 bits per heavy atom. The molecule has 1 aromatic carbocycles. The standard InChI is InChI=1S/C16H24N4/c1-3-9-20(12-14-7-5-4-6-8-14)16(10-17)15-11-18-19(2)13-15/h4-8,11,13,16H,3,9-10,12,17H2,1-2H3. The molecule has 0 aliphatic rings. The van der Waals surface area contributed by atoms with E-state index in [1.54, 1.807) is 0 Å². The third-order valence-electron chi connectivity index (χ3n) is 3.51. The van der Waals surface area contributed by atoms with Crippen LogP contribution in [0.25, 0.3) is 0 Å². The van der Waals surface area contributed by atoms with Crippen LogP contribution in [0.3, 0.4) is 0 Å². The number of nitrogens with zero attached hydrogens (tertiary/aromatic N) is 3. The molecule has 0 bridgehead atoms. The first-order valence-corrected chi connectivity index (χ1v) is 7.21. The molecule has 0 saturated heterocycles. The van der Waals surface area contributed by atoms with Gasteiger partial charge in [0.1, 0.15) is 0 Å². The highest BCUT2D eigenvalue weighted by molar-refractivity contribution is 5.16. The van der Waals surface area contributed by atoms with Gasteiger partial charge in [-0.05, 0) is 18.5 Å². The van der Waals surface area contributed by atoms with E-state index in [9.17, 15) is 0 Å².